The van der Waals surface area contributed by atoms with Crippen molar-refractivity contribution in [3.8, 4) is 0 Å². The van der Waals surface area contributed by atoms with Gasteiger partial charge >= 0.3 is 0 Å². The summed E-state index contributed by atoms with van der Waals surface area (Å²) in [6.07, 6.45) is 13.5. The molecule has 3 heterocycles. The number of rotatable bonds is 0. The average molecular weight is 260 g/mol. The Morgan fingerprint density at radius 3 is 2.84 bits per heavy atom. The zero-order chi connectivity index (χ0) is 12.4. The van der Waals surface area contributed by atoms with Crippen LogP contribution in [-0.2, 0) is 0 Å². The van der Waals surface area contributed by atoms with Crippen LogP contribution in [0.4, 0.5) is 0 Å². The molecule has 0 aromatic carbocycles. The molecule has 5 fully saturated rings. The third-order valence-electron chi connectivity index (χ3n) is 7.59. The minimum absolute atomic E-state index is 0.703. The van der Waals surface area contributed by atoms with Crippen LogP contribution in [0.5, 0.6) is 0 Å². The van der Waals surface area contributed by atoms with E-state index in [9.17, 15) is 0 Å². The fourth-order valence-corrected chi connectivity index (χ4v) is 7.13. The van der Waals surface area contributed by atoms with E-state index in [1.807, 2.05) is 0 Å². The normalized spacial score (nSPS) is 56.5. The van der Waals surface area contributed by atoms with E-state index >= 15 is 0 Å². The summed E-state index contributed by atoms with van der Waals surface area (Å²) in [5.41, 5.74) is 0.703. The molecule has 2 saturated carbocycles. The molecule has 2 aliphatic carbocycles. The molecule has 0 aromatic heterocycles. The van der Waals surface area contributed by atoms with Crippen LogP contribution >= 0.6 is 0 Å². The summed E-state index contributed by atoms with van der Waals surface area (Å²) in [5.74, 6) is 2.08. The molecule has 106 valence electrons. The van der Waals surface area contributed by atoms with Crippen molar-refractivity contribution < 1.29 is 0 Å². The van der Waals surface area contributed by atoms with Gasteiger partial charge in [-0.2, -0.15) is 0 Å². The molecule has 0 radical (unpaired) electrons. The van der Waals surface area contributed by atoms with Crippen LogP contribution in [-0.4, -0.2) is 36.1 Å². The maximum atomic E-state index is 4.12. The average Bonchev–Trinajstić information content (AvgIpc) is 3.00. The van der Waals surface area contributed by atoms with Gasteiger partial charge in [0.1, 0.15) is 0 Å². The van der Waals surface area contributed by atoms with Gasteiger partial charge in [-0.3, -0.25) is 4.90 Å². The van der Waals surface area contributed by atoms with Crippen molar-refractivity contribution in [2.75, 3.05) is 13.1 Å². The molecule has 0 aromatic rings. The summed E-state index contributed by atoms with van der Waals surface area (Å²) < 4.78 is 0. The molecule has 19 heavy (non-hydrogen) atoms. The topological polar surface area (TPSA) is 15.3 Å². The fraction of sp³-hybridized carbons (Fsp3) is 1.00. The second-order valence-corrected chi connectivity index (χ2v) is 8.04. The Balaban J connectivity index is 1.58. The number of nitrogens with one attached hydrogen (secondary N) is 1. The minimum Gasteiger partial charge on any atom is -0.310 e. The molecule has 5 aliphatic rings. The van der Waals surface area contributed by atoms with Crippen LogP contribution in [0.2, 0.25) is 0 Å². The molecule has 3 aliphatic heterocycles. The third-order valence-corrected chi connectivity index (χ3v) is 7.59. The Morgan fingerprint density at radius 1 is 0.895 bits per heavy atom. The third kappa shape index (κ3) is 1.35. The van der Waals surface area contributed by atoms with Gasteiger partial charge in [-0.15, -0.1) is 0 Å². The van der Waals surface area contributed by atoms with Crippen molar-refractivity contribution in [3.05, 3.63) is 0 Å². The van der Waals surface area contributed by atoms with Crippen LogP contribution in [0.3, 0.4) is 0 Å². The Labute approximate surface area is 117 Å². The lowest BCUT2D eigenvalue weighted by Crippen LogP contribution is -2.58. The van der Waals surface area contributed by atoms with E-state index in [0.717, 1.165) is 30.0 Å². The second kappa shape index (κ2) is 3.98. The van der Waals surface area contributed by atoms with E-state index in [0.29, 0.717) is 5.41 Å². The highest BCUT2D eigenvalue weighted by Gasteiger charge is 2.65. The van der Waals surface area contributed by atoms with Gasteiger partial charge < -0.3 is 5.32 Å². The van der Waals surface area contributed by atoms with Gasteiger partial charge in [0.15, 0.2) is 0 Å². The first-order chi connectivity index (χ1) is 9.39. The molecule has 3 saturated heterocycles. The van der Waals surface area contributed by atoms with Crippen LogP contribution in [0.15, 0.2) is 0 Å². The SMILES string of the molecule is C1CCC2C(C1)NC1CCC3CCCN4CCC12C34. The highest BCUT2D eigenvalue weighted by atomic mass is 15.2. The predicted octanol–water partition coefficient (Wildman–Crippen LogP) is 2.78. The zero-order valence-corrected chi connectivity index (χ0v) is 12.1. The van der Waals surface area contributed by atoms with Crippen molar-refractivity contribution in [2.45, 2.75) is 75.9 Å². The smallest absolute Gasteiger partial charge is 0.0199 e. The molecule has 2 heteroatoms. The van der Waals surface area contributed by atoms with Crippen molar-refractivity contribution >= 4 is 0 Å². The second-order valence-electron chi connectivity index (χ2n) is 8.04. The number of fused-ring (bicyclic) bond motifs is 1. The number of nitrogens with zero attached hydrogens (tertiary/aromatic N) is 1. The fourth-order valence-electron chi connectivity index (χ4n) is 7.13. The number of hydrogen-bond donors (Lipinski definition) is 1. The van der Waals surface area contributed by atoms with Gasteiger partial charge in [-0.05, 0) is 69.9 Å². The van der Waals surface area contributed by atoms with Crippen molar-refractivity contribution in [3.63, 3.8) is 0 Å². The molecule has 6 atom stereocenters. The monoisotopic (exact) mass is 260 g/mol. The van der Waals surface area contributed by atoms with E-state index in [4.69, 9.17) is 0 Å². The van der Waals surface area contributed by atoms with E-state index in [1.165, 1.54) is 70.9 Å². The lowest BCUT2D eigenvalue weighted by molar-refractivity contribution is -0.0175. The number of hydrogen-bond acceptors (Lipinski definition) is 2. The molecular formula is C17H28N2. The zero-order valence-electron chi connectivity index (χ0n) is 12.1. The van der Waals surface area contributed by atoms with Gasteiger partial charge in [-0.25, -0.2) is 0 Å². The summed E-state index contributed by atoms with van der Waals surface area (Å²) in [6.45, 7) is 2.83. The summed E-state index contributed by atoms with van der Waals surface area (Å²) in [7, 11) is 0. The molecule has 1 N–H and O–H groups in total. The van der Waals surface area contributed by atoms with E-state index in [-0.39, 0.29) is 0 Å². The maximum absolute atomic E-state index is 4.12. The van der Waals surface area contributed by atoms with E-state index < -0.39 is 0 Å². The van der Waals surface area contributed by atoms with E-state index in [1.54, 1.807) is 0 Å². The Kier molecular flexibility index (Phi) is 2.42. The first-order valence-electron chi connectivity index (χ1n) is 8.90. The first-order valence-corrected chi connectivity index (χ1v) is 8.90. The van der Waals surface area contributed by atoms with Crippen LogP contribution in [0, 0.1) is 17.3 Å². The number of piperidine rings is 1. The Hall–Kier alpha value is -0.0800. The van der Waals surface area contributed by atoms with Gasteiger partial charge in [0.25, 0.3) is 0 Å². The van der Waals surface area contributed by atoms with Gasteiger partial charge in [-0.1, -0.05) is 12.8 Å². The summed E-state index contributed by atoms with van der Waals surface area (Å²) >= 11 is 0. The summed E-state index contributed by atoms with van der Waals surface area (Å²) in [4.78, 5) is 2.92. The molecule has 0 bridgehead atoms. The van der Waals surface area contributed by atoms with Crippen LogP contribution < -0.4 is 5.32 Å². The Morgan fingerprint density at radius 2 is 1.84 bits per heavy atom. The standard InChI is InChI=1S/C17H28N2/c1-2-6-14-13(5-1)17-9-11-19-10-3-4-12(16(17)19)7-8-15(17)18-14/h12-16,18H,1-11H2. The molecule has 0 amide bonds. The first kappa shape index (κ1) is 11.6. The van der Waals surface area contributed by atoms with Gasteiger partial charge in [0.05, 0.1) is 0 Å². The van der Waals surface area contributed by atoms with E-state index in [2.05, 4.69) is 10.2 Å². The Bertz CT molecular complexity index is 381. The maximum Gasteiger partial charge on any atom is 0.0199 e. The van der Waals surface area contributed by atoms with Crippen molar-refractivity contribution in [2.24, 2.45) is 17.3 Å². The van der Waals surface area contributed by atoms with Crippen LogP contribution in [0.25, 0.3) is 0 Å². The van der Waals surface area contributed by atoms with Crippen molar-refractivity contribution in [1.29, 1.82) is 0 Å². The van der Waals surface area contributed by atoms with Crippen LogP contribution in [0.1, 0.15) is 57.8 Å². The lowest BCUT2D eigenvalue weighted by Gasteiger charge is -2.53. The largest absolute Gasteiger partial charge is 0.310 e. The molecular weight excluding hydrogens is 232 g/mol. The highest BCUT2D eigenvalue weighted by molar-refractivity contribution is 5.20. The molecule has 6 unspecified atom stereocenters. The lowest BCUT2D eigenvalue weighted by atomic mass is 9.55. The summed E-state index contributed by atoms with van der Waals surface area (Å²) in [6, 6.07) is 2.74. The predicted molar refractivity (Wildman–Crippen MR) is 77.0 cm³/mol. The van der Waals surface area contributed by atoms with Gasteiger partial charge in [0, 0.05) is 23.5 Å². The highest BCUT2D eigenvalue weighted by Crippen LogP contribution is 2.61. The quantitative estimate of drug-likeness (QED) is 0.720. The van der Waals surface area contributed by atoms with Crippen molar-refractivity contribution in [1.82, 2.24) is 10.2 Å². The molecule has 2 nitrogen and oxygen atoms in total. The van der Waals surface area contributed by atoms with Gasteiger partial charge in [0.2, 0.25) is 0 Å². The summed E-state index contributed by atoms with van der Waals surface area (Å²) in [5, 5.41) is 4.12. The minimum atomic E-state index is 0.703. The molecule has 1 spiro atoms. The molecule has 5 rings (SSSR count).